The van der Waals surface area contributed by atoms with E-state index in [-0.39, 0.29) is 0 Å². The SMILES string of the molecule is O=C1C2=C(CC3CCCN13)c1ccccc1C2. The van der Waals surface area contributed by atoms with Crippen LogP contribution in [0, 0.1) is 0 Å². The summed E-state index contributed by atoms with van der Waals surface area (Å²) in [6.45, 7) is 0.969. The number of amides is 1. The van der Waals surface area contributed by atoms with E-state index in [2.05, 4.69) is 29.2 Å². The first-order valence-electron chi connectivity index (χ1n) is 6.46. The highest BCUT2D eigenvalue weighted by Gasteiger charge is 2.39. The van der Waals surface area contributed by atoms with Gasteiger partial charge in [0.05, 0.1) is 0 Å². The third-order valence-electron chi connectivity index (χ3n) is 4.41. The standard InChI is InChI=1S/C15H15NO/c17-15-14-8-10-4-1-2-6-12(10)13(14)9-11-5-3-7-16(11)15/h1-2,4,6,11H,3,5,7-9H2. The molecular weight excluding hydrogens is 210 g/mol. The Labute approximate surface area is 101 Å². The lowest BCUT2D eigenvalue weighted by atomic mass is 9.93. The molecule has 2 heterocycles. The lowest BCUT2D eigenvalue weighted by Crippen LogP contribution is -2.39. The van der Waals surface area contributed by atoms with Crippen molar-refractivity contribution in [3.8, 4) is 0 Å². The van der Waals surface area contributed by atoms with Gasteiger partial charge in [0.1, 0.15) is 0 Å². The second-order valence-corrected chi connectivity index (χ2v) is 5.29. The zero-order valence-electron chi connectivity index (χ0n) is 9.78. The minimum Gasteiger partial charge on any atom is -0.336 e. The number of hydrogen-bond donors (Lipinski definition) is 0. The van der Waals surface area contributed by atoms with Gasteiger partial charge >= 0.3 is 0 Å². The Bertz CT molecular complexity index is 544. The van der Waals surface area contributed by atoms with Crippen molar-refractivity contribution < 1.29 is 4.79 Å². The van der Waals surface area contributed by atoms with Crippen molar-refractivity contribution in [2.45, 2.75) is 31.7 Å². The lowest BCUT2D eigenvalue weighted by Gasteiger charge is -2.31. The highest BCUT2D eigenvalue weighted by atomic mass is 16.2. The van der Waals surface area contributed by atoms with Gasteiger partial charge in [0.2, 0.25) is 0 Å². The highest BCUT2D eigenvalue weighted by Crippen LogP contribution is 2.42. The van der Waals surface area contributed by atoms with Gasteiger partial charge in [0, 0.05) is 24.6 Å². The topological polar surface area (TPSA) is 20.3 Å². The van der Waals surface area contributed by atoms with E-state index in [1.807, 2.05) is 0 Å². The molecule has 0 bridgehead atoms. The number of carbonyl (C=O) groups is 1. The monoisotopic (exact) mass is 225 g/mol. The van der Waals surface area contributed by atoms with Crippen molar-refractivity contribution in [3.05, 3.63) is 41.0 Å². The molecule has 0 aromatic heterocycles. The predicted molar refractivity (Wildman–Crippen MR) is 66.4 cm³/mol. The summed E-state index contributed by atoms with van der Waals surface area (Å²) in [5.74, 6) is 0.310. The molecule has 4 rings (SSSR count). The van der Waals surface area contributed by atoms with Crippen molar-refractivity contribution in [1.82, 2.24) is 4.90 Å². The first kappa shape index (κ1) is 9.46. The van der Waals surface area contributed by atoms with E-state index in [9.17, 15) is 4.79 Å². The Morgan fingerprint density at radius 1 is 1.18 bits per heavy atom. The van der Waals surface area contributed by atoms with Crippen LogP contribution < -0.4 is 0 Å². The molecule has 2 nitrogen and oxygen atoms in total. The van der Waals surface area contributed by atoms with Crippen LogP contribution in [-0.4, -0.2) is 23.4 Å². The average Bonchev–Trinajstić information content (AvgIpc) is 2.94. The first-order chi connectivity index (χ1) is 8.34. The van der Waals surface area contributed by atoms with Gasteiger partial charge < -0.3 is 4.90 Å². The maximum absolute atomic E-state index is 12.4. The molecule has 0 radical (unpaired) electrons. The average molecular weight is 225 g/mol. The summed E-state index contributed by atoms with van der Waals surface area (Å²) in [6.07, 6.45) is 4.30. The molecule has 1 atom stereocenters. The van der Waals surface area contributed by atoms with E-state index in [1.165, 1.54) is 29.5 Å². The second kappa shape index (κ2) is 3.22. The van der Waals surface area contributed by atoms with Crippen molar-refractivity contribution in [3.63, 3.8) is 0 Å². The van der Waals surface area contributed by atoms with Crippen LogP contribution >= 0.6 is 0 Å². The summed E-state index contributed by atoms with van der Waals surface area (Å²) >= 11 is 0. The van der Waals surface area contributed by atoms with Crippen molar-refractivity contribution in [1.29, 1.82) is 0 Å². The van der Waals surface area contributed by atoms with Crippen molar-refractivity contribution in [2.75, 3.05) is 6.54 Å². The second-order valence-electron chi connectivity index (χ2n) is 5.29. The smallest absolute Gasteiger partial charge is 0.250 e. The van der Waals surface area contributed by atoms with Crippen LogP contribution in [-0.2, 0) is 11.2 Å². The van der Waals surface area contributed by atoms with Crippen LogP contribution in [0.2, 0.25) is 0 Å². The molecule has 2 aliphatic heterocycles. The number of nitrogens with zero attached hydrogens (tertiary/aromatic N) is 1. The normalized spacial score (nSPS) is 26.0. The van der Waals surface area contributed by atoms with Crippen LogP contribution in [0.1, 0.15) is 30.4 Å². The van der Waals surface area contributed by atoms with Gasteiger partial charge in [0.25, 0.3) is 5.91 Å². The number of benzene rings is 1. The molecule has 3 aliphatic rings. The van der Waals surface area contributed by atoms with Crippen LogP contribution in [0.3, 0.4) is 0 Å². The van der Waals surface area contributed by atoms with Crippen LogP contribution in [0.4, 0.5) is 0 Å². The van der Waals surface area contributed by atoms with Crippen molar-refractivity contribution >= 4 is 11.5 Å². The van der Waals surface area contributed by atoms with Crippen LogP contribution in [0.5, 0.6) is 0 Å². The third kappa shape index (κ3) is 1.18. The molecule has 1 aromatic rings. The molecule has 1 saturated heterocycles. The zero-order valence-corrected chi connectivity index (χ0v) is 9.78. The Morgan fingerprint density at radius 2 is 2.06 bits per heavy atom. The van der Waals surface area contributed by atoms with E-state index in [4.69, 9.17) is 0 Å². The Morgan fingerprint density at radius 3 is 3.00 bits per heavy atom. The summed E-state index contributed by atoms with van der Waals surface area (Å²) in [5, 5.41) is 0. The van der Waals surface area contributed by atoms with E-state index >= 15 is 0 Å². The fraction of sp³-hybridized carbons (Fsp3) is 0.400. The maximum Gasteiger partial charge on any atom is 0.250 e. The van der Waals surface area contributed by atoms with Crippen LogP contribution in [0.25, 0.3) is 5.57 Å². The molecule has 1 unspecified atom stereocenters. The molecule has 0 spiro atoms. The van der Waals surface area contributed by atoms with Gasteiger partial charge in [-0.25, -0.2) is 0 Å². The minimum atomic E-state index is 0.310. The molecule has 0 saturated carbocycles. The Hall–Kier alpha value is -1.57. The quantitative estimate of drug-likeness (QED) is 0.664. The largest absolute Gasteiger partial charge is 0.336 e. The Kier molecular flexibility index (Phi) is 1.79. The zero-order chi connectivity index (χ0) is 11.4. The molecule has 1 fully saturated rings. The number of carbonyl (C=O) groups excluding carboxylic acids is 1. The van der Waals surface area contributed by atoms with Gasteiger partial charge in [-0.3, -0.25) is 4.79 Å². The first-order valence-corrected chi connectivity index (χ1v) is 6.46. The lowest BCUT2D eigenvalue weighted by molar-refractivity contribution is -0.128. The van der Waals surface area contributed by atoms with Gasteiger partial charge in [-0.1, -0.05) is 24.3 Å². The van der Waals surface area contributed by atoms with E-state index in [0.717, 1.165) is 25.0 Å². The van der Waals surface area contributed by atoms with Gasteiger partial charge in [-0.15, -0.1) is 0 Å². The summed E-state index contributed by atoms with van der Waals surface area (Å²) in [5.41, 5.74) is 5.09. The third-order valence-corrected chi connectivity index (χ3v) is 4.41. The number of hydrogen-bond acceptors (Lipinski definition) is 1. The van der Waals surface area contributed by atoms with Gasteiger partial charge in [-0.05, 0) is 36.0 Å². The molecule has 1 aliphatic carbocycles. The summed E-state index contributed by atoms with van der Waals surface area (Å²) < 4.78 is 0. The molecule has 86 valence electrons. The fourth-order valence-corrected chi connectivity index (χ4v) is 3.59. The van der Waals surface area contributed by atoms with E-state index in [0.29, 0.717) is 11.9 Å². The van der Waals surface area contributed by atoms with Crippen molar-refractivity contribution in [2.24, 2.45) is 0 Å². The van der Waals surface area contributed by atoms with Gasteiger partial charge in [0.15, 0.2) is 0 Å². The summed E-state index contributed by atoms with van der Waals surface area (Å²) in [6, 6.07) is 8.97. The van der Waals surface area contributed by atoms with E-state index in [1.54, 1.807) is 0 Å². The van der Waals surface area contributed by atoms with Gasteiger partial charge in [-0.2, -0.15) is 0 Å². The molecular formula is C15H15NO. The predicted octanol–water partition coefficient (Wildman–Crippen LogP) is 2.39. The van der Waals surface area contributed by atoms with E-state index < -0.39 is 0 Å². The molecule has 1 amide bonds. The summed E-state index contributed by atoms with van der Waals surface area (Å²) in [4.78, 5) is 14.5. The minimum absolute atomic E-state index is 0.310. The summed E-state index contributed by atoms with van der Waals surface area (Å²) in [7, 11) is 0. The molecule has 17 heavy (non-hydrogen) atoms. The Balaban J connectivity index is 1.83. The maximum atomic E-state index is 12.4. The highest BCUT2D eigenvalue weighted by molar-refractivity contribution is 6.06. The van der Waals surface area contributed by atoms with Crippen LogP contribution in [0.15, 0.2) is 29.8 Å². The molecule has 0 N–H and O–H groups in total. The molecule has 1 aromatic carbocycles. The fourth-order valence-electron chi connectivity index (χ4n) is 3.59. The molecule has 2 heteroatoms. The number of rotatable bonds is 0. The number of fused-ring (bicyclic) bond motifs is 3.